The minimum absolute atomic E-state index is 0. The third-order valence-electron chi connectivity index (χ3n) is 10.1. The molecule has 0 fully saturated rings. The van der Waals surface area contributed by atoms with Gasteiger partial charge in [0.25, 0.3) is 11.8 Å². The monoisotopic (exact) mass is 1160 g/mol. The highest BCUT2D eigenvalue weighted by molar-refractivity contribution is 6.31. The van der Waals surface area contributed by atoms with E-state index in [4.69, 9.17) is 71.6 Å². The predicted molar refractivity (Wildman–Crippen MR) is 300 cm³/mol. The van der Waals surface area contributed by atoms with Crippen molar-refractivity contribution in [3.63, 3.8) is 0 Å². The summed E-state index contributed by atoms with van der Waals surface area (Å²) in [4.78, 5) is 85.0. The highest BCUT2D eigenvalue weighted by atomic mass is 35.5. The molecule has 0 bridgehead atoms. The van der Waals surface area contributed by atoms with Gasteiger partial charge in [0.2, 0.25) is 12.6 Å². The summed E-state index contributed by atoms with van der Waals surface area (Å²) in [5.41, 5.74) is 4.96. The van der Waals surface area contributed by atoms with Crippen molar-refractivity contribution in [1.82, 2.24) is 16.0 Å². The summed E-state index contributed by atoms with van der Waals surface area (Å²) >= 11 is 11.7. The zero-order valence-electron chi connectivity index (χ0n) is 45.6. The van der Waals surface area contributed by atoms with E-state index in [0.717, 1.165) is 11.1 Å². The van der Waals surface area contributed by atoms with Crippen LogP contribution in [0.5, 0.6) is 11.5 Å². The Labute approximate surface area is 478 Å². The standard InChI is InChI=1S/C30H39ClN2O9.C25H31ClN2O7.CH4.ClH/c1-19(18-33-27(36)42-29(3,4)5)38-28(37)40-20(2)39-26(35)30(6,7)41-24-14-8-21(9-15-24)16-17-32-25(34)22-10-12-23(31)13-11-22;1-16(15-27)32-24(31)34-17(2)33-23(30)25(3,4)35-21-11-5-18(6-12-21)13-14-28-22(29)19-7-9-20(26)10-8-19;;/h8-15,19-20H,16-18H2,1-7H3,(H,32,34)(H,33,36);5-12,16-17H,13-15,27H2,1-4H3,(H,28,29);1H4;1H. The van der Waals surface area contributed by atoms with Gasteiger partial charge in [-0.3, -0.25) is 9.59 Å². The summed E-state index contributed by atoms with van der Waals surface area (Å²) in [5, 5.41) is 9.32. The predicted octanol–water partition coefficient (Wildman–Crippen LogP) is 10.3. The van der Waals surface area contributed by atoms with Crippen molar-refractivity contribution in [2.75, 3.05) is 26.2 Å². The zero-order valence-corrected chi connectivity index (χ0v) is 47.9. The SMILES string of the molecule is C.CC(CN)OC(=O)OC(C)OC(=O)C(C)(C)Oc1ccc(CCNC(=O)c2ccc(Cl)cc2)cc1.CC(CNC(=O)OC(C)(C)C)OC(=O)OC(C)OC(=O)C(C)(C)Oc1ccc(CCNC(=O)c2ccc(Cl)cc2)cc1.Cl. The Bertz CT molecular complexity index is 2560. The van der Waals surface area contributed by atoms with Crippen LogP contribution in [0.3, 0.4) is 0 Å². The normalized spacial score (nSPS) is 12.4. The largest absolute Gasteiger partial charge is 0.511 e. The van der Waals surface area contributed by atoms with Gasteiger partial charge in [-0.05, 0) is 159 Å². The number of benzene rings is 4. The van der Waals surface area contributed by atoms with Gasteiger partial charge in [-0.15, -0.1) is 12.4 Å². The molecule has 4 aromatic carbocycles. The van der Waals surface area contributed by atoms with Crippen LogP contribution in [0.1, 0.15) is 115 Å². The van der Waals surface area contributed by atoms with Gasteiger partial charge in [-0.25, -0.2) is 24.0 Å². The van der Waals surface area contributed by atoms with Crippen LogP contribution in [0.15, 0.2) is 97.1 Å². The number of esters is 2. The first-order valence-electron chi connectivity index (χ1n) is 24.5. The van der Waals surface area contributed by atoms with Gasteiger partial charge in [0.1, 0.15) is 29.3 Å². The molecule has 0 spiro atoms. The van der Waals surface area contributed by atoms with Crippen molar-refractivity contribution in [3.05, 3.63) is 129 Å². The van der Waals surface area contributed by atoms with E-state index < -0.39 is 71.9 Å². The molecule has 0 aromatic heterocycles. The number of alkyl carbamates (subject to hydrolysis) is 1. The number of carbonyl (C=O) groups is 7. The van der Waals surface area contributed by atoms with Crippen LogP contribution >= 0.6 is 35.6 Å². The number of hydrogen-bond donors (Lipinski definition) is 4. The number of amides is 3. The maximum absolute atomic E-state index is 12.7. The molecule has 0 aliphatic heterocycles. The van der Waals surface area contributed by atoms with E-state index in [1.54, 1.807) is 107 Å². The number of ether oxygens (including phenoxy) is 9. The van der Waals surface area contributed by atoms with Crippen LogP contribution in [0.25, 0.3) is 0 Å². The second-order valence-electron chi connectivity index (χ2n) is 19.2. The number of halogens is 3. The van der Waals surface area contributed by atoms with Crippen molar-refractivity contribution >= 4 is 77.8 Å². The van der Waals surface area contributed by atoms with Crippen LogP contribution in [0.2, 0.25) is 10.0 Å². The summed E-state index contributed by atoms with van der Waals surface area (Å²) < 4.78 is 46.9. The fourth-order valence-electron chi connectivity index (χ4n) is 6.09. The van der Waals surface area contributed by atoms with Crippen molar-refractivity contribution in [2.24, 2.45) is 5.73 Å². The topological polar surface area (TPSA) is 265 Å². The Morgan fingerprint density at radius 3 is 1.20 bits per heavy atom. The first kappa shape index (κ1) is 70.0. The molecule has 0 heterocycles. The van der Waals surface area contributed by atoms with Crippen LogP contribution in [0.4, 0.5) is 14.4 Å². The lowest BCUT2D eigenvalue weighted by molar-refractivity contribution is -0.184. The quantitative estimate of drug-likeness (QED) is 0.0306. The summed E-state index contributed by atoms with van der Waals surface area (Å²) in [6.45, 7) is 18.2. The zero-order chi connectivity index (χ0) is 57.5. The minimum atomic E-state index is -1.40. The third-order valence-corrected chi connectivity index (χ3v) is 10.6. The van der Waals surface area contributed by atoms with E-state index in [9.17, 15) is 33.6 Å². The van der Waals surface area contributed by atoms with E-state index in [1.165, 1.54) is 41.5 Å². The molecule has 4 atom stereocenters. The van der Waals surface area contributed by atoms with Crippen LogP contribution < -0.4 is 31.2 Å². The van der Waals surface area contributed by atoms with Crippen molar-refractivity contribution in [1.29, 1.82) is 0 Å². The van der Waals surface area contributed by atoms with Gasteiger partial charge >= 0.3 is 30.3 Å². The Morgan fingerprint density at radius 2 is 0.861 bits per heavy atom. The minimum Gasteiger partial charge on any atom is -0.476 e. The van der Waals surface area contributed by atoms with E-state index in [-0.39, 0.29) is 44.7 Å². The summed E-state index contributed by atoms with van der Waals surface area (Å²) in [5.74, 6) is -0.990. The highest BCUT2D eigenvalue weighted by Crippen LogP contribution is 2.23. The molecular weight excluding hydrogens is 1090 g/mol. The molecule has 5 N–H and O–H groups in total. The Hall–Kier alpha value is -7.00. The van der Waals surface area contributed by atoms with Crippen molar-refractivity contribution in [2.45, 2.75) is 138 Å². The summed E-state index contributed by atoms with van der Waals surface area (Å²) in [7, 11) is 0. The number of nitrogens with one attached hydrogen (secondary N) is 3. The Balaban J connectivity index is 0.000000782. The molecule has 0 saturated carbocycles. The van der Waals surface area contributed by atoms with Gasteiger partial charge in [-0.1, -0.05) is 54.9 Å². The molecule has 436 valence electrons. The van der Waals surface area contributed by atoms with E-state index in [0.29, 0.717) is 58.6 Å². The molecule has 0 aliphatic rings. The lowest BCUT2D eigenvalue weighted by atomic mass is 10.1. The summed E-state index contributed by atoms with van der Waals surface area (Å²) in [6, 6.07) is 27.5. The molecular formula is C56H75Cl3N4O16. The second-order valence-corrected chi connectivity index (χ2v) is 20.1. The molecule has 4 unspecified atom stereocenters. The fraction of sp³-hybridized carbons (Fsp3) is 0.446. The molecule has 4 rings (SSSR count). The lowest BCUT2D eigenvalue weighted by Gasteiger charge is -2.26. The molecule has 23 heteroatoms. The maximum Gasteiger partial charge on any atom is 0.511 e. The lowest BCUT2D eigenvalue weighted by Crippen LogP contribution is -2.42. The molecule has 79 heavy (non-hydrogen) atoms. The Morgan fingerprint density at radius 1 is 0.506 bits per heavy atom. The first-order valence-corrected chi connectivity index (χ1v) is 25.3. The van der Waals surface area contributed by atoms with Crippen LogP contribution in [-0.4, -0.2) is 110 Å². The van der Waals surface area contributed by atoms with E-state index >= 15 is 0 Å². The van der Waals surface area contributed by atoms with Gasteiger partial charge in [0.05, 0.1) is 6.54 Å². The number of rotatable bonds is 23. The molecule has 3 amide bonds. The summed E-state index contributed by atoms with van der Waals surface area (Å²) in [6.07, 6.45) is -5.19. The van der Waals surface area contributed by atoms with Crippen LogP contribution in [-0.2, 0) is 55.6 Å². The molecule has 0 saturated heterocycles. The molecule has 20 nitrogen and oxygen atoms in total. The van der Waals surface area contributed by atoms with Gasteiger partial charge in [0.15, 0.2) is 11.2 Å². The number of hydrogen-bond acceptors (Lipinski definition) is 17. The van der Waals surface area contributed by atoms with Gasteiger partial charge in [-0.2, -0.15) is 0 Å². The molecule has 0 radical (unpaired) electrons. The van der Waals surface area contributed by atoms with Crippen molar-refractivity contribution < 1.29 is 76.2 Å². The number of nitrogens with two attached hydrogens (primary N) is 1. The molecule has 0 aliphatic carbocycles. The van der Waals surface area contributed by atoms with E-state index in [2.05, 4.69) is 16.0 Å². The highest BCUT2D eigenvalue weighted by Gasteiger charge is 2.35. The van der Waals surface area contributed by atoms with Crippen molar-refractivity contribution in [3.8, 4) is 11.5 Å². The van der Waals surface area contributed by atoms with Gasteiger partial charge in [0, 0.05) is 54.7 Å². The Kier molecular flexibility index (Phi) is 29.6. The first-order chi connectivity index (χ1) is 36.0. The second kappa shape index (κ2) is 33.4. The van der Waals surface area contributed by atoms with Crippen LogP contribution in [0, 0.1) is 0 Å². The smallest absolute Gasteiger partial charge is 0.476 e. The average molecular weight is 1170 g/mol. The number of carbonyl (C=O) groups excluding carboxylic acids is 7. The maximum atomic E-state index is 12.7. The third kappa shape index (κ3) is 27.4. The average Bonchev–Trinajstić information content (AvgIpc) is 3.34. The van der Waals surface area contributed by atoms with E-state index in [1.807, 2.05) is 24.3 Å². The molecule has 4 aromatic rings. The van der Waals surface area contributed by atoms with Gasteiger partial charge < -0.3 is 64.3 Å². The fourth-order valence-corrected chi connectivity index (χ4v) is 6.34.